The van der Waals surface area contributed by atoms with Crippen LogP contribution in [-0.4, -0.2) is 32.5 Å². The van der Waals surface area contributed by atoms with Crippen LogP contribution in [0.25, 0.3) is 0 Å². The Bertz CT molecular complexity index is 966. The van der Waals surface area contributed by atoms with Crippen LogP contribution in [0.1, 0.15) is 33.2 Å². The molecule has 0 unspecified atom stereocenters. The van der Waals surface area contributed by atoms with Gasteiger partial charge in [0, 0.05) is 25.2 Å². The molecule has 0 fully saturated rings. The molecule has 1 amide bonds. The van der Waals surface area contributed by atoms with Crippen LogP contribution < -0.4 is 5.32 Å². The summed E-state index contributed by atoms with van der Waals surface area (Å²) in [4.78, 5) is 23.4. The highest BCUT2D eigenvalue weighted by Gasteiger charge is 2.23. The molecule has 4 rings (SSSR count). The molecule has 7 heteroatoms. The summed E-state index contributed by atoms with van der Waals surface area (Å²) in [5.74, 6) is 2.19. The monoisotopic (exact) mass is 349 g/mol. The lowest BCUT2D eigenvalue weighted by Gasteiger charge is -2.28. The van der Waals surface area contributed by atoms with E-state index in [9.17, 15) is 4.79 Å². The van der Waals surface area contributed by atoms with E-state index in [1.54, 1.807) is 19.1 Å². The molecular weight excluding hydrogens is 330 g/mol. The number of benzene rings is 1. The number of nitrogens with zero attached hydrogens (tertiary/aromatic N) is 4. The molecule has 0 atom stereocenters. The Balaban J connectivity index is 1.56. The quantitative estimate of drug-likeness (QED) is 0.782. The molecular formula is C19H19N5O2. The summed E-state index contributed by atoms with van der Waals surface area (Å²) in [6.07, 6.45) is 0.856. The van der Waals surface area contributed by atoms with Gasteiger partial charge in [-0.2, -0.15) is 0 Å². The molecule has 3 aromatic rings. The van der Waals surface area contributed by atoms with Crippen molar-refractivity contribution >= 4 is 17.5 Å². The molecule has 7 nitrogen and oxygen atoms in total. The minimum absolute atomic E-state index is 0.0932. The number of aromatic nitrogens is 3. The van der Waals surface area contributed by atoms with Crippen molar-refractivity contribution in [3.63, 3.8) is 0 Å². The summed E-state index contributed by atoms with van der Waals surface area (Å²) in [6.45, 7) is 4.86. The highest BCUT2D eigenvalue weighted by Crippen LogP contribution is 2.21. The van der Waals surface area contributed by atoms with Crippen molar-refractivity contribution in [3.05, 3.63) is 64.8 Å². The maximum Gasteiger partial charge on any atom is 0.272 e. The van der Waals surface area contributed by atoms with Crippen LogP contribution in [0, 0.1) is 13.8 Å². The molecule has 0 bridgehead atoms. The third kappa shape index (κ3) is 3.28. The molecule has 0 saturated heterocycles. The zero-order valence-corrected chi connectivity index (χ0v) is 14.7. The van der Waals surface area contributed by atoms with Crippen LogP contribution in [0.3, 0.4) is 0 Å². The largest absolute Gasteiger partial charge is 0.360 e. The maximum absolute atomic E-state index is 12.9. The molecule has 3 heterocycles. The van der Waals surface area contributed by atoms with Gasteiger partial charge in [0.1, 0.15) is 23.1 Å². The zero-order chi connectivity index (χ0) is 18.1. The van der Waals surface area contributed by atoms with E-state index in [0.717, 1.165) is 6.42 Å². The summed E-state index contributed by atoms with van der Waals surface area (Å²) in [5, 5.41) is 6.94. The lowest BCUT2D eigenvalue weighted by atomic mass is 10.00. The number of amides is 1. The van der Waals surface area contributed by atoms with E-state index < -0.39 is 0 Å². The summed E-state index contributed by atoms with van der Waals surface area (Å²) < 4.78 is 5.04. The topological polar surface area (TPSA) is 84.2 Å². The number of carbonyl (C=O) groups excluding carboxylic acids is 1. The number of anilines is 2. The first-order valence-electron chi connectivity index (χ1n) is 8.50. The molecule has 0 spiro atoms. The van der Waals surface area contributed by atoms with E-state index in [1.165, 1.54) is 11.1 Å². The van der Waals surface area contributed by atoms with E-state index in [1.807, 2.05) is 24.0 Å². The molecule has 0 aliphatic carbocycles. The summed E-state index contributed by atoms with van der Waals surface area (Å²) in [7, 11) is 0. The van der Waals surface area contributed by atoms with Gasteiger partial charge in [-0.25, -0.2) is 9.97 Å². The van der Waals surface area contributed by atoms with Gasteiger partial charge in [0.25, 0.3) is 5.91 Å². The van der Waals surface area contributed by atoms with E-state index in [4.69, 9.17) is 4.52 Å². The minimum Gasteiger partial charge on any atom is -0.360 e. The third-order valence-electron chi connectivity index (χ3n) is 4.36. The van der Waals surface area contributed by atoms with Gasteiger partial charge in [-0.05, 0) is 31.4 Å². The van der Waals surface area contributed by atoms with E-state index in [0.29, 0.717) is 42.0 Å². The Morgan fingerprint density at radius 1 is 1.12 bits per heavy atom. The molecule has 1 aromatic carbocycles. The van der Waals surface area contributed by atoms with Gasteiger partial charge < -0.3 is 14.7 Å². The second-order valence-corrected chi connectivity index (χ2v) is 6.38. The first-order valence-corrected chi connectivity index (χ1v) is 8.50. The van der Waals surface area contributed by atoms with Gasteiger partial charge in [0.2, 0.25) is 0 Å². The Labute approximate surface area is 151 Å². The smallest absolute Gasteiger partial charge is 0.272 e. The highest BCUT2D eigenvalue weighted by molar-refractivity contribution is 5.93. The molecule has 0 saturated carbocycles. The Morgan fingerprint density at radius 3 is 2.69 bits per heavy atom. The summed E-state index contributed by atoms with van der Waals surface area (Å²) in [5.41, 5.74) is 2.87. The van der Waals surface area contributed by atoms with Gasteiger partial charge in [0.05, 0.1) is 0 Å². The average molecular weight is 349 g/mol. The van der Waals surface area contributed by atoms with Crippen LogP contribution in [0.5, 0.6) is 0 Å². The second-order valence-electron chi connectivity index (χ2n) is 6.38. The fourth-order valence-electron chi connectivity index (χ4n) is 3.13. The van der Waals surface area contributed by atoms with Crippen molar-refractivity contribution in [3.8, 4) is 0 Å². The third-order valence-corrected chi connectivity index (χ3v) is 4.36. The predicted octanol–water partition coefficient (Wildman–Crippen LogP) is 3.02. The highest BCUT2D eigenvalue weighted by atomic mass is 16.5. The maximum atomic E-state index is 12.9. The van der Waals surface area contributed by atoms with Gasteiger partial charge in [-0.3, -0.25) is 4.79 Å². The molecule has 26 heavy (non-hydrogen) atoms. The van der Waals surface area contributed by atoms with Gasteiger partial charge in [-0.1, -0.05) is 29.4 Å². The number of nitrogens with one attached hydrogen (secondary N) is 1. The fourth-order valence-corrected chi connectivity index (χ4v) is 3.13. The Kier molecular flexibility index (Phi) is 4.12. The van der Waals surface area contributed by atoms with Crippen molar-refractivity contribution < 1.29 is 9.32 Å². The standard InChI is InChI=1S/C19H19N5O2/c1-12-9-18(23-26-12)22-17-10-16(20-13(2)21-17)19(25)24-8-7-14-5-3-4-6-15(14)11-24/h3-6,9-10H,7-8,11H2,1-2H3,(H,20,21,22,23). The lowest BCUT2D eigenvalue weighted by molar-refractivity contribution is 0.0728. The van der Waals surface area contributed by atoms with Crippen LogP contribution in [-0.2, 0) is 13.0 Å². The SMILES string of the molecule is Cc1nc(Nc2cc(C)on2)cc(C(=O)N2CCc3ccccc3C2)n1. The Morgan fingerprint density at radius 2 is 1.92 bits per heavy atom. The predicted molar refractivity (Wildman–Crippen MR) is 96.2 cm³/mol. The number of fused-ring (bicyclic) bond motifs is 1. The molecule has 1 aliphatic rings. The molecule has 1 aliphatic heterocycles. The van der Waals surface area contributed by atoms with Crippen molar-refractivity contribution in [2.45, 2.75) is 26.8 Å². The van der Waals surface area contributed by atoms with E-state index in [2.05, 4.69) is 32.6 Å². The van der Waals surface area contributed by atoms with Crippen molar-refractivity contribution in [1.82, 2.24) is 20.0 Å². The van der Waals surface area contributed by atoms with Crippen LogP contribution in [0.15, 0.2) is 40.9 Å². The normalized spacial score (nSPS) is 13.4. The van der Waals surface area contributed by atoms with Crippen LogP contribution in [0.2, 0.25) is 0 Å². The van der Waals surface area contributed by atoms with Gasteiger partial charge in [0.15, 0.2) is 5.82 Å². The van der Waals surface area contributed by atoms with Crippen LogP contribution >= 0.6 is 0 Å². The summed E-state index contributed by atoms with van der Waals surface area (Å²) >= 11 is 0. The van der Waals surface area contributed by atoms with Crippen LogP contribution in [0.4, 0.5) is 11.6 Å². The molecule has 0 radical (unpaired) electrons. The van der Waals surface area contributed by atoms with Gasteiger partial charge in [-0.15, -0.1) is 0 Å². The van der Waals surface area contributed by atoms with Crippen molar-refractivity contribution in [2.24, 2.45) is 0 Å². The number of aryl methyl sites for hydroxylation is 2. The average Bonchev–Trinajstić information content (AvgIpc) is 3.05. The number of hydrogen-bond acceptors (Lipinski definition) is 6. The van der Waals surface area contributed by atoms with Crippen molar-refractivity contribution in [2.75, 3.05) is 11.9 Å². The molecule has 2 aromatic heterocycles. The first kappa shape index (κ1) is 16.3. The van der Waals surface area contributed by atoms with E-state index in [-0.39, 0.29) is 5.91 Å². The lowest BCUT2D eigenvalue weighted by Crippen LogP contribution is -2.36. The minimum atomic E-state index is -0.0932. The molecule has 132 valence electrons. The van der Waals surface area contributed by atoms with Crippen molar-refractivity contribution in [1.29, 1.82) is 0 Å². The summed E-state index contributed by atoms with van der Waals surface area (Å²) in [6, 6.07) is 11.6. The molecule has 1 N–H and O–H groups in total. The number of carbonyl (C=O) groups is 1. The fraction of sp³-hybridized carbons (Fsp3) is 0.263. The Hall–Kier alpha value is -3.22. The first-order chi connectivity index (χ1) is 12.6. The zero-order valence-electron chi connectivity index (χ0n) is 14.7. The van der Waals surface area contributed by atoms with Gasteiger partial charge >= 0.3 is 0 Å². The van der Waals surface area contributed by atoms with E-state index >= 15 is 0 Å². The number of hydrogen-bond donors (Lipinski definition) is 1. The second kappa shape index (κ2) is 6.59. The number of rotatable bonds is 3.